The summed E-state index contributed by atoms with van der Waals surface area (Å²) in [6.45, 7) is 0. The van der Waals surface area contributed by atoms with Crippen LogP contribution in [0.4, 0.5) is 0 Å². The monoisotopic (exact) mass is 364 g/mol. The van der Waals surface area contributed by atoms with Crippen LogP contribution in [0.5, 0.6) is 5.75 Å². The van der Waals surface area contributed by atoms with E-state index in [1.165, 1.54) is 3.57 Å². The molecular weight excluding hydrogens is 351 g/mol. The number of methoxy groups -OCH3 is 1. The molecule has 0 radical (unpaired) electrons. The standard InChI is InChI=1S/C16H13IO2/c1-19-15-9-5-13(6-10-15)16(18)11-4-12-2-7-14(17)8-3-12/h2-11H,1H3/b11-4+. The molecule has 19 heavy (non-hydrogen) atoms. The van der Waals surface area contributed by atoms with E-state index in [4.69, 9.17) is 4.74 Å². The van der Waals surface area contributed by atoms with Crippen LogP contribution in [0.3, 0.4) is 0 Å². The molecule has 0 amide bonds. The minimum atomic E-state index is -0.0128. The fourth-order valence-corrected chi connectivity index (χ4v) is 1.96. The molecule has 0 spiro atoms. The predicted octanol–water partition coefficient (Wildman–Crippen LogP) is 4.20. The Morgan fingerprint density at radius 2 is 1.68 bits per heavy atom. The van der Waals surface area contributed by atoms with Crippen molar-refractivity contribution >= 4 is 34.5 Å². The maximum Gasteiger partial charge on any atom is 0.185 e. The van der Waals surface area contributed by atoms with E-state index in [0.717, 1.165) is 11.3 Å². The number of ketones is 1. The lowest BCUT2D eigenvalue weighted by molar-refractivity contribution is 0.104. The quantitative estimate of drug-likeness (QED) is 0.462. The van der Waals surface area contributed by atoms with Crippen molar-refractivity contribution in [2.45, 2.75) is 0 Å². The molecule has 2 aromatic carbocycles. The van der Waals surface area contributed by atoms with Gasteiger partial charge in [0, 0.05) is 9.13 Å². The Balaban J connectivity index is 2.09. The van der Waals surface area contributed by atoms with Crippen molar-refractivity contribution in [2.24, 2.45) is 0 Å². The van der Waals surface area contributed by atoms with Gasteiger partial charge >= 0.3 is 0 Å². The van der Waals surface area contributed by atoms with Crippen molar-refractivity contribution in [2.75, 3.05) is 7.11 Å². The van der Waals surface area contributed by atoms with Gasteiger partial charge in [-0.05, 0) is 70.6 Å². The third-order valence-electron chi connectivity index (χ3n) is 2.67. The number of allylic oxidation sites excluding steroid dienone is 1. The van der Waals surface area contributed by atoms with Crippen molar-refractivity contribution in [3.8, 4) is 5.75 Å². The molecule has 2 rings (SSSR count). The maximum atomic E-state index is 12.0. The highest BCUT2D eigenvalue weighted by atomic mass is 127. The van der Waals surface area contributed by atoms with E-state index < -0.39 is 0 Å². The van der Waals surface area contributed by atoms with E-state index in [-0.39, 0.29) is 5.78 Å². The second kappa shape index (κ2) is 6.52. The second-order valence-electron chi connectivity index (χ2n) is 3.98. The summed E-state index contributed by atoms with van der Waals surface area (Å²) in [6, 6.07) is 15.1. The van der Waals surface area contributed by atoms with E-state index in [2.05, 4.69) is 22.6 Å². The number of ether oxygens (including phenoxy) is 1. The Kier molecular flexibility index (Phi) is 4.74. The maximum absolute atomic E-state index is 12.0. The Hall–Kier alpha value is -1.62. The van der Waals surface area contributed by atoms with Crippen LogP contribution >= 0.6 is 22.6 Å². The Labute approximate surface area is 126 Å². The van der Waals surface area contributed by atoms with Crippen LogP contribution in [-0.4, -0.2) is 12.9 Å². The summed E-state index contributed by atoms with van der Waals surface area (Å²) in [5.74, 6) is 0.736. The van der Waals surface area contributed by atoms with E-state index in [1.54, 1.807) is 37.5 Å². The summed E-state index contributed by atoms with van der Waals surface area (Å²) in [5.41, 5.74) is 1.67. The van der Waals surface area contributed by atoms with Crippen LogP contribution in [0.25, 0.3) is 6.08 Å². The summed E-state index contributed by atoms with van der Waals surface area (Å²) in [6.07, 6.45) is 3.41. The first kappa shape index (κ1) is 13.8. The number of carbonyl (C=O) groups is 1. The highest BCUT2D eigenvalue weighted by Gasteiger charge is 2.01. The summed E-state index contributed by atoms with van der Waals surface area (Å²) in [7, 11) is 1.60. The number of hydrogen-bond acceptors (Lipinski definition) is 2. The first-order valence-corrected chi connectivity index (χ1v) is 6.89. The van der Waals surface area contributed by atoms with Gasteiger partial charge in [-0.3, -0.25) is 4.79 Å². The number of hydrogen-bond donors (Lipinski definition) is 0. The zero-order valence-corrected chi connectivity index (χ0v) is 12.6. The van der Waals surface area contributed by atoms with Crippen LogP contribution in [0.1, 0.15) is 15.9 Å². The smallest absolute Gasteiger partial charge is 0.185 e. The molecule has 96 valence electrons. The highest BCUT2D eigenvalue weighted by Crippen LogP contribution is 2.13. The Morgan fingerprint density at radius 3 is 2.26 bits per heavy atom. The van der Waals surface area contributed by atoms with Crippen LogP contribution < -0.4 is 4.74 Å². The fourth-order valence-electron chi connectivity index (χ4n) is 1.60. The predicted molar refractivity (Wildman–Crippen MR) is 85.5 cm³/mol. The first-order chi connectivity index (χ1) is 9.19. The van der Waals surface area contributed by atoms with Gasteiger partial charge in [0.15, 0.2) is 5.78 Å². The van der Waals surface area contributed by atoms with Crippen molar-refractivity contribution in [3.05, 3.63) is 69.3 Å². The molecule has 0 bridgehead atoms. The molecule has 0 aliphatic carbocycles. The summed E-state index contributed by atoms with van der Waals surface area (Å²) >= 11 is 2.25. The largest absolute Gasteiger partial charge is 0.497 e. The molecular formula is C16H13IO2. The highest BCUT2D eigenvalue weighted by molar-refractivity contribution is 14.1. The van der Waals surface area contributed by atoms with Gasteiger partial charge < -0.3 is 4.74 Å². The lowest BCUT2D eigenvalue weighted by Gasteiger charge is -2.00. The molecule has 0 aliphatic heterocycles. The lowest BCUT2D eigenvalue weighted by atomic mass is 10.1. The summed E-state index contributed by atoms with van der Waals surface area (Å²) in [5, 5.41) is 0. The van der Waals surface area contributed by atoms with Gasteiger partial charge in [-0.1, -0.05) is 18.2 Å². The van der Waals surface area contributed by atoms with E-state index in [1.807, 2.05) is 30.3 Å². The summed E-state index contributed by atoms with van der Waals surface area (Å²) in [4.78, 5) is 12.0. The van der Waals surface area contributed by atoms with Gasteiger partial charge in [0.05, 0.1) is 7.11 Å². The van der Waals surface area contributed by atoms with Crippen molar-refractivity contribution in [3.63, 3.8) is 0 Å². The first-order valence-electron chi connectivity index (χ1n) is 5.81. The van der Waals surface area contributed by atoms with Gasteiger partial charge in [-0.2, -0.15) is 0 Å². The molecule has 0 fully saturated rings. The number of rotatable bonds is 4. The average Bonchev–Trinajstić information content (AvgIpc) is 2.46. The number of benzene rings is 2. The van der Waals surface area contributed by atoms with Crippen LogP contribution in [-0.2, 0) is 0 Å². The van der Waals surface area contributed by atoms with Crippen molar-refractivity contribution in [1.82, 2.24) is 0 Å². The Bertz CT molecular complexity index is 583. The molecule has 2 aromatic rings. The van der Waals surface area contributed by atoms with Crippen LogP contribution in [0, 0.1) is 3.57 Å². The molecule has 0 N–H and O–H groups in total. The molecule has 0 aliphatic rings. The molecule has 2 nitrogen and oxygen atoms in total. The topological polar surface area (TPSA) is 26.3 Å². The van der Waals surface area contributed by atoms with Gasteiger partial charge in [-0.25, -0.2) is 0 Å². The van der Waals surface area contributed by atoms with Gasteiger partial charge in [-0.15, -0.1) is 0 Å². The molecule has 3 heteroatoms. The Morgan fingerprint density at radius 1 is 1.05 bits per heavy atom. The number of halogens is 1. The molecule has 0 saturated heterocycles. The fraction of sp³-hybridized carbons (Fsp3) is 0.0625. The number of carbonyl (C=O) groups excluding carboxylic acids is 1. The minimum Gasteiger partial charge on any atom is -0.497 e. The van der Waals surface area contributed by atoms with Crippen LogP contribution in [0.15, 0.2) is 54.6 Å². The normalized spacial score (nSPS) is 10.6. The van der Waals surface area contributed by atoms with Crippen molar-refractivity contribution in [1.29, 1.82) is 0 Å². The molecule has 0 unspecified atom stereocenters. The molecule has 0 heterocycles. The minimum absolute atomic E-state index is 0.0128. The van der Waals surface area contributed by atoms with Gasteiger partial charge in [0.25, 0.3) is 0 Å². The second-order valence-corrected chi connectivity index (χ2v) is 5.22. The molecule has 0 saturated carbocycles. The molecule has 0 atom stereocenters. The SMILES string of the molecule is COc1ccc(C(=O)/C=C/c2ccc(I)cc2)cc1. The molecule has 0 aromatic heterocycles. The lowest BCUT2D eigenvalue weighted by Crippen LogP contribution is -1.94. The third-order valence-corrected chi connectivity index (χ3v) is 3.39. The third kappa shape index (κ3) is 3.92. The van der Waals surface area contributed by atoms with Gasteiger partial charge in [0.2, 0.25) is 0 Å². The van der Waals surface area contributed by atoms with Gasteiger partial charge in [0.1, 0.15) is 5.75 Å². The van der Waals surface area contributed by atoms with Crippen molar-refractivity contribution < 1.29 is 9.53 Å². The van der Waals surface area contributed by atoms with E-state index in [0.29, 0.717) is 5.56 Å². The van der Waals surface area contributed by atoms with Crippen LogP contribution in [0.2, 0.25) is 0 Å². The zero-order valence-electron chi connectivity index (χ0n) is 10.5. The van der Waals surface area contributed by atoms with E-state index >= 15 is 0 Å². The summed E-state index contributed by atoms with van der Waals surface area (Å²) < 4.78 is 6.24. The van der Waals surface area contributed by atoms with E-state index in [9.17, 15) is 4.79 Å². The average molecular weight is 364 g/mol. The zero-order chi connectivity index (χ0) is 13.7.